The first-order valence-corrected chi connectivity index (χ1v) is 2.48. The zero-order valence-corrected chi connectivity index (χ0v) is 7.17. The van der Waals surface area contributed by atoms with E-state index in [0.717, 1.165) is 0 Å². The van der Waals surface area contributed by atoms with Gasteiger partial charge in [0.15, 0.2) is 0 Å². The fourth-order valence-corrected chi connectivity index (χ4v) is 0.548. The normalized spacial score (nSPS) is 14.7. The minimum absolute atomic E-state index is 0. The Morgan fingerprint density at radius 2 is 1.82 bits per heavy atom. The van der Waals surface area contributed by atoms with Gasteiger partial charge in [-0.3, -0.25) is 10.2 Å². The smallest absolute Gasteiger partial charge is 0.203 e. The van der Waals surface area contributed by atoms with Crippen molar-refractivity contribution < 1.29 is 4.79 Å². The van der Waals surface area contributed by atoms with E-state index in [2.05, 4.69) is 0 Å². The van der Waals surface area contributed by atoms with Crippen molar-refractivity contribution in [1.82, 2.24) is 0 Å². The van der Waals surface area contributed by atoms with Crippen molar-refractivity contribution in [1.29, 1.82) is 5.41 Å². The zero-order valence-electron chi connectivity index (χ0n) is 5.53. The van der Waals surface area contributed by atoms with Crippen molar-refractivity contribution in [3.05, 3.63) is 23.9 Å². The van der Waals surface area contributed by atoms with Gasteiger partial charge in [-0.1, -0.05) is 0 Å². The predicted octanol–water partition coefficient (Wildman–Crippen LogP) is 0.831. The number of ketones is 1. The summed E-state index contributed by atoms with van der Waals surface area (Å²) in [6, 6.07) is 0. The van der Waals surface area contributed by atoms with Gasteiger partial charge in [0, 0.05) is 5.70 Å². The highest BCUT2D eigenvalue weighted by Crippen LogP contribution is 1.97. The molecule has 0 fully saturated rings. The van der Waals surface area contributed by atoms with E-state index >= 15 is 0 Å². The van der Waals surface area contributed by atoms with E-state index in [9.17, 15) is 4.79 Å². The maximum absolute atomic E-state index is 10.5. The molecule has 3 nitrogen and oxygen atoms in total. The van der Waals surface area contributed by atoms with Crippen LogP contribution in [0.15, 0.2) is 23.9 Å². The van der Waals surface area contributed by atoms with E-state index in [1.807, 2.05) is 0 Å². The maximum Gasteiger partial charge on any atom is 0.203 e. The first-order chi connectivity index (χ1) is 4.20. The molecule has 0 atom stereocenters. The van der Waals surface area contributed by atoms with E-state index < -0.39 is 0 Å². The summed E-state index contributed by atoms with van der Waals surface area (Å²) in [4.78, 5) is 10.5. The molecule has 0 bridgehead atoms. The van der Waals surface area contributed by atoms with Crippen molar-refractivity contribution in [2.24, 2.45) is 5.73 Å². The third kappa shape index (κ3) is 3.20. The standard InChI is InChI=1S/C6H6N2O.2ClH/c7-4-1-2-6(9)5(8)3-4;;/h1-3,8H,7H2;2*1H. The average molecular weight is 195 g/mol. The summed E-state index contributed by atoms with van der Waals surface area (Å²) in [6.07, 6.45) is 4.11. The molecule has 0 aromatic rings. The zero-order chi connectivity index (χ0) is 6.85. The quantitative estimate of drug-likeness (QED) is 0.562. The van der Waals surface area contributed by atoms with E-state index in [1.165, 1.54) is 18.2 Å². The van der Waals surface area contributed by atoms with Crippen molar-refractivity contribution >= 4 is 36.3 Å². The Bertz CT molecular complexity index is 233. The summed E-state index contributed by atoms with van der Waals surface area (Å²) < 4.78 is 0. The Morgan fingerprint density at radius 3 is 2.18 bits per heavy atom. The molecule has 0 spiro atoms. The lowest BCUT2D eigenvalue weighted by Gasteiger charge is -1.98. The summed E-state index contributed by atoms with van der Waals surface area (Å²) in [5, 5.41) is 6.97. The van der Waals surface area contributed by atoms with Gasteiger partial charge in [-0.25, -0.2) is 0 Å². The number of carbonyl (C=O) groups is 1. The van der Waals surface area contributed by atoms with E-state index in [0.29, 0.717) is 5.70 Å². The summed E-state index contributed by atoms with van der Waals surface area (Å²) in [7, 11) is 0. The molecule has 0 unspecified atom stereocenters. The second kappa shape index (κ2) is 4.93. The second-order valence-electron chi connectivity index (χ2n) is 1.76. The van der Waals surface area contributed by atoms with E-state index in [-0.39, 0.29) is 36.3 Å². The molecule has 0 aromatic carbocycles. The molecular weight excluding hydrogens is 187 g/mol. The van der Waals surface area contributed by atoms with Gasteiger partial charge < -0.3 is 5.73 Å². The molecule has 11 heavy (non-hydrogen) atoms. The monoisotopic (exact) mass is 194 g/mol. The molecular formula is C6H8Cl2N2O. The molecule has 1 aliphatic rings. The fourth-order valence-electron chi connectivity index (χ4n) is 0.548. The van der Waals surface area contributed by atoms with Crippen molar-refractivity contribution in [2.75, 3.05) is 0 Å². The number of hydrogen-bond donors (Lipinski definition) is 2. The van der Waals surface area contributed by atoms with Crippen molar-refractivity contribution in [2.45, 2.75) is 0 Å². The van der Waals surface area contributed by atoms with Gasteiger partial charge in [0.2, 0.25) is 5.78 Å². The van der Waals surface area contributed by atoms with Crippen LogP contribution in [0.1, 0.15) is 0 Å². The lowest BCUT2D eigenvalue weighted by molar-refractivity contribution is -0.108. The van der Waals surface area contributed by atoms with Crippen LogP contribution in [0.5, 0.6) is 0 Å². The van der Waals surface area contributed by atoms with Crippen LogP contribution in [0.3, 0.4) is 0 Å². The Hall–Kier alpha value is -0.800. The Labute approximate surface area is 76.7 Å². The summed E-state index contributed by atoms with van der Waals surface area (Å²) in [6.45, 7) is 0. The van der Waals surface area contributed by atoms with Crippen LogP contribution in [-0.2, 0) is 4.79 Å². The number of nitrogens with one attached hydrogen (secondary N) is 1. The molecule has 62 valence electrons. The summed E-state index contributed by atoms with van der Waals surface area (Å²) in [5.41, 5.74) is 5.68. The number of rotatable bonds is 0. The average Bonchev–Trinajstić information content (AvgIpc) is 1.80. The first-order valence-electron chi connectivity index (χ1n) is 2.48. The molecule has 0 aliphatic heterocycles. The van der Waals surface area contributed by atoms with Gasteiger partial charge in [0.25, 0.3) is 0 Å². The molecule has 0 heterocycles. The lowest BCUT2D eigenvalue weighted by Crippen LogP contribution is -2.13. The maximum atomic E-state index is 10.5. The largest absolute Gasteiger partial charge is 0.399 e. The first kappa shape index (κ1) is 12.8. The van der Waals surface area contributed by atoms with Crippen LogP contribution in [0.4, 0.5) is 0 Å². The van der Waals surface area contributed by atoms with Crippen LogP contribution < -0.4 is 5.73 Å². The Morgan fingerprint density at radius 1 is 1.27 bits per heavy atom. The molecule has 0 saturated heterocycles. The van der Waals surface area contributed by atoms with Gasteiger partial charge in [0.05, 0.1) is 0 Å². The number of nitrogens with two attached hydrogens (primary N) is 1. The number of carbonyl (C=O) groups excluding carboxylic acids is 1. The second-order valence-corrected chi connectivity index (χ2v) is 1.76. The van der Waals surface area contributed by atoms with Crippen LogP contribution >= 0.6 is 24.8 Å². The van der Waals surface area contributed by atoms with Gasteiger partial charge in [-0.05, 0) is 18.2 Å². The summed E-state index contributed by atoms with van der Waals surface area (Å²) in [5.74, 6) is -0.288. The van der Waals surface area contributed by atoms with Gasteiger partial charge in [-0.2, -0.15) is 0 Å². The molecule has 1 rings (SSSR count). The molecule has 0 saturated carbocycles. The predicted molar refractivity (Wildman–Crippen MR) is 48.6 cm³/mol. The minimum Gasteiger partial charge on any atom is -0.399 e. The van der Waals surface area contributed by atoms with Gasteiger partial charge in [-0.15, -0.1) is 24.8 Å². The van der Waals surface area contributed by atoms with Crippen LogP contribution in [0.2, 0.25) is 0 Å². The third-order valence-electron chi connectivity index (χ3n) is 1.00. The number of hydrogen-bond acceptors (Lipinski definition) is 3. The van der Waals surface area contributed by atoms with Gasteiger partial charge in [0.1, 0.15) is 5.71 Å². The highest BCUT2D eigenvalue weighted by atomic mass is 35.5. The van der Waals surface area contributed by atoms with Crippen LogP contribution in [0, 0.1) is 5.41 Å². The highest BCUT2D eigenvalue weighted by Gasteiger charge is 2.06. The minimum atomic E-state index is -0.288. The number of allylic oxidation sites excluding steroid dienone is 3. The Balaban J connectivity index is 0. The SMILES string of the molecule is Cl.Cl.N=C1C=C(N)C=CC1=O. The lowest BCUT2D eigenvalue weighted by atomic mass is 10.1. The third-order valence-corrected chi connectivity index (χ3v) is 1.00. The van der Waals surface area contributed by atoms with E-state index in [4.69, 9.17) is 11.1 Å². The van der Waals surface area contributed by atoms with Gasteiger partial charge >= 0.3 is 0 Å². The fraction of sp³-hybridized carbons (Fsp3) is 0. The summed E-state index contributed by atoms with van der Waals surface area (Å²) >= 11 is 0. The molecule has 1 aliphatic carbocycles. The topological polar surface area (TPSA) is 66.9 Å². The molecule has 5 heteroatoms. The Kier molecular flexibility index (Phi) is 5.76. The van der Waals surface area contributed by atoms with Crippen molar-refractivity contribution in [3.8, 4) is 0 Å². The van der Waals surface area contributed by atoms with Crippen LogP contribution in [-0.4, -0.2) is 11.5 Å². The molecule has 3 N–H and O–H groups in total. The molecule has 0 amide bonds. The van der Waals surface area contributed by atoms with E-state index in [1.54, 1.807) is 0 Å². The molecule has 0 radical (unpaired) electrons. The van der Waals surface area contributed by atoms with Crippen molar-refractivity contribution in [3.63, 3.8) is 0 Å². The highest BCUT2D eigenvalue weighted by molar-refractivity contribution is 6.47. The van der Waals surface area contributed by atoms with Crippen LogP contribution in [0.25, 0.3) is 0 Å². The molecule has 0 aromatic heterocycles. The number of halogens is 2.